The number of hydrogen-bond donors (Lipinski definition) is 0. The molecule has 0 unspecified atom stereocenters. The smallest absolute Gasteiger partial charge is 0.137 e. The second-order valence-electron chi connectivity index (χ2n) is 39.7. The molecule has 0 N–H and O–H groups in total. The zero-order valence-corrected chi connectivity index (χ0v) is 81.6. The Labute approximate surface area is 851 Å². The molecular formula is C142H101N3O. The normalized spacial score (nSPS) is 12.5. The lowest BCUT2D eigenvalue weighted by atomic mass is 9.82. The molecule has 0 amide bonds. The molecule has 2 aliphatic carbocycles. The van der Waals surface area contributed by atoms with Gasteiger partial charge >= 0.3 is 0 Å². The van der Waals surface area contributed by atoms with E-state index in [0.717, 1.165) is 67.4 Å². The highest BCUT2D eigenvalue weighted by Gasteiger charge is 2.38. The van der Waals surface area contributed by atoms with Crippen molar-refractivity contribution in [3.8, 4) is 89.0 Å². The summed E-state index contributed by atoms with van der Waals surface area (Å²) in [6.45, 7) is 9.37. The Morgan fingerprint density at radius 2 is 0.432 bits per heavy atom. The fraction of sp³-hybridized carbons (Fsp3) is 0.0423. The maximum absolute atomic E-state index is 6.32. The maximum atomic E-state index is 6.32. The van der Waals surface area contributed by atoms with Crippen molar-refractivity contribution in [2.45, 2.75) is 38.5 Å². The molecule has 4 heteroatoms. The van der Waals surface area contributed by atoms with Gasteiger partial charge in [0.25, 0.3) is 0 Å². The van der Waals surface area contributed by atoms with Crippen LogP contribution in [0.2, 0.25) is 0 Å². The average molecular weight is 1870 g/mol. The molecular weight excluding hydrogens is 1760 g/mol. The molecule has 0 fully saturated rings. The molecule has 0 atom stereocenters. The number of hydrogen-bond acceptors (Lipinski definition) is 4. The van der Waals surface area contributed by atoms with Gasteiger partial charge in [0.2, 0.25) is 0 Å². The van der Waals surface area contributed by atoms with Gasteiger partial charge in [-0.1, -0.05) is 428 Å². The molecule has 1 aromatic heterocycles. The number of fused-ring (bicyclic) bond motifs is 19. The first kappa shape index (κ1) is 87.7. The van der Waals surface area contributed by atoms with Crippen molar-refractivity contribution in [2.75, 3.05) is 14.7 Å². The van der Waals surface area contributed by atoms with Crippen LogP contribution >= 0.6 is 0 Å². The summed E-state index contributed by atoms with van der Waals surface area (Å²) >= 11 is 0. The summed E-state index contributed by atoms with van der Waals surface area (Å²) in [6, 6.07) is 196. The van der Waals surface area contributed by atoms with Gasteiger partial charge in [0, 0.05) is 78.6 Å². The van der Waals surface area contributed by atoms with Crippen molar-refractivity contribution in [3.63, 3.8) is 0 Å². The third-order valence-corrected chi connectivity index (χ3v) is 30.6. The van der Waals surface area contributed by atoms with E-state index >= 15 is 0 Å². The Kier molecular flexibility index (Phi) is 22.0. The summed E-state index contributed by atoms with van der Waals surface area (Å²) in [7, 11) is 0. The minimum Gasteiger partial charge on any atom is -0.456 e. The lowest BCUT2D eigenvalue weighted by Crippen LogP contribution is -2.15. The summed E-state index contributed by atoms with van der Waals surface area (Å²) < 4.78 is 6.32. The Hall–Kier alpha value is -18.5. The fourth-order valence-electron chi connectivity index (χ4n) is 23.3. The Balaban J connectivity index is 0.000000112. The van der Waals surface area contributed by atoms with Crippen molar-refractivity contribution in [3.05, 3.63) is 562 Å². The van der Waals surface area contributed by atoms with E-state index in [1.165, 1.54) is 192 Å². The summed E-state index contributed by atoms with van der Waals surface area (Å²) in [6.07, 6.45) is 0. The number of nitrogens with zero attached hydrogens (tertiary/aromatic N) is 3. The molecule has 0 spiro atoms. The van der Waals surface area contributed by atoms with Crippen molar-refractivity contribution >= 4 is 149 Å². The Morgan fingerprint density at radius 3 is 0.890 bits per heavy atom. The van der Waals surface area contributed by atoms with Gasteiger partial charge in [-0.25, -0.2) is 0 Å². The van der Waals surface area contributed by atoms with E-state index in [-0.39, 0.29) is 10.8 Å². The number of para-hydroxylation sites is 1. The highest BCUT2D eigenvalue weighted by molar-refractivity contribution is 6.18. The second-order valence-corrected chi connectivity index (χ2v) is 39.7. The van der Waals surface area contributed by atoms with Crippen LogP contribution in [0.1, 0.15) is 49.9 Å². The minimum atomic E-state index is -0.0429. The van der Waals surface area contributed by atoms with Gasteiger partial charge in [0.15, 0.2) is 0 Å². The summed E-state index contributed by atoms with van der Waals surface area (Å²) in [4.78, 5) is 7.14. The maximum Gasteiger partial charge on any atom is 0.137 e. The first-order valence-corrected chi connectivity index (χ1v) is 50.6. The van der Waals surface area contributed by atoms with E-state index < -0.39 is 0 Å². The predicted octanol–water partition coefficient (Wildman–Crippen LogP) is 40.1. The van der Waals surface area contributed by atoms with Crippen molar-refractivity contribution in [1.82, 2.24) is 0 Å². The number of anilines is 9. The van der Waals surface area contributed by atoms with Gasteiger partial charge in [-0.2, -0.15) is 0 Å². The molecule has 0 bridgehead atoms. The van der Waals surface area contributed by atoms with Crippen LogP contribution in [0.3, 0.4) is 0 Å². The van der Waals surface area contributed by atoms with Crippen LogP contribution in [0, 0.1) is 0 Å². The molecule has 0 aliphatic heterocycles. The third-order valence-electron chi connectivity index (χ3n) is 30.6. The molecule has 4 nitrogen and oxygen atoms in total. The molecule has 0 saturated heterocycles. The number of rotatable bonds is 15. The molecule has 28 rings (SSSR count). The van der Waals surface area contributed by atoms with Gasteiger partial charge in [-0.3, -0.25) is 0 Å². The van der Waals surface area contributed by atoms with Crippen molar-refractivity contribution in [2.24, 2.45) is 0 Å². The van der Waals surface area contributed by atoms with Crippen LogP contribution in [-0.4, -0.2) is 0 Å². The standard InChI is InChI=1S/C53H39N.C45H33N.C44H29NO/c1-53(2)51-20-12-11-19-48(51)50-35-44(30-32-52(50)53)54(42-26-21-38(22-27-42)36-13-5-3-6-14-36)43-28-23-39(24-29-43)49-34-41-33-40(37-15-7-4-8-16-37)25-31-45(41)46-17-9-10-18-47(46)49;1-45(2)42-20-10-9-19-39(42)41-29-34(26-27-43(41)45)46(44-21-11-14-30-12-3-6-16-36(30)44)33-24-22-31(23-25-33)40-28-32-13-4-5-15-35(32)37-17-7-8-18-38(37)40;1-2-10-30(11-3-1)31-18-22-34(23-19-31)45(36-26-27-41-40-16-8-9-17-43(40)46-44(41)29-36)35-24-20-32(21-25-35)42-28-33-12-4-5-13-37(33)38-14-6-7-15-39(38)42/h3-35H,1-2H3;3-29H,1-2H3;1-29H. The fourth-order valence-corrected chi connectivity index (χ4v) is 23.3. The topological polar surface area (TPSA) is 22.9 Å². The Bertz CT molecular complexity index is 9510. The van der Waals surface area contributed by atoms with E-state index in [9.17, 15) is 0 Å². The van der Waals surface area contributed by atoms with Crippen LogP contribution in [0.5, 0.6) is 0 Å². The minimum absolute atomic E-state index is 0.0288. The first-order chi connectivity index (χ1) is 71.9. The quantitative estimate of drug-likeness (QED) is 0.0954. The van der Waals surface area contributed by atoms with Crippen molar-refractivity contribution < 1.29 is 4.42 Å². The summed E-state index contributed by atoms with van der Waals surface area (Å²) in [5, 5.41) is 20.0. The lowest BCUT2D eigenvalue weighted by Gasteiger charge is -2.28. The van der Waals surface area contributed by atoms with E-state index in [4.69, 9.17) is 4.42 Å². The molecule has 25 aromatic carbocycles. The number of benzene rings is 25. The van der Waals surface area contributed by atoms with Crippen LogP contribution in [-0.2, 0) is 10.8 Å². The highest BCUT2D eigenvalue weighted by atomic mass is 16.3. The molecule has 26 aromatic rings. The van der Waals surface area contributed by atoms with Crippen molar-refractivity contribution in [1.29, 1.82) is 0 Å². The molecule has 0 saturated carbocycles. The Morgan fingerprint density at radius 1 is 0.144 bits per heavy atom. The monoisotopic (exact) mass is 1860 g/mol. The zero-order chi connectivity index (χ0) is 97.5. The largest absolute Gasteiger partial charge is 0.456 e. The van der Waals surface area contributed by atoms with Gasteiger partial charge in [0.05, 0.1) is 5.69 Å². The van der Waals surface area contributed by atoms with E-state index in [0.29, 0.717) is 0 Å². The lowest BCUT2D eigenvalue weighted by molar-refractivity contribution is 0.660. The average Bonchev–Trinajstić information content (AvgIpc) is 1.56. The van der Waals surface area contributed by atoms with E-state index in [1.807, 2.05) is 12.1 Å². The zero-order valence-electron chi connectivity index (χ0n) is 81.6. The third kappa shape index (κ3) is 15.7. The first-order valence-electron chi connectivity index (χ1n) is 50.6. The highest BCUT2D eigenvalue weighted by Crippen LogP contribution is 2.55. The van der Waals surface area contributed by atoms with Gasteiger partial charge < -0.3 is 19.1 Å². The number of furan rings is 1. The van der Waals surface area contributed by atoms with Gasteiger partial charge in [-0.15, -0.1) is 0 Å². The molecule has 2 aliphatic rings. The van der Waals surface area contributed by atoms with Gasteiger partial charge in [0.1, 0.15) is 11.2 Å². The van der Waals surface area contributed by atoms with Crippen LogP contribution in [0.4, 0.5) is 51.2 Å². The SMILES string of the molecule is CC1(C)c2ccccc2-c2cc(N(c3ccc(-c4cc5ccccc5c5ccccc45)cc3)c3cccc4ccccc34)ccc21.CC1(C)c2ccccc2-c2cc(N(c3ccc(-c4ccccc4)cc3)c3ccc(-c4cc5cc(-c6ccccc6)ccc5c5ccccc45)cc3)ccc21.c1ccc(-c2ccc(N(c3ccc(-c4cc5ccccc5c5ccccc45)cc3)c3ccc4c(c3)oc3ccccc34)cc2)cc1. The van der Waals surface area contributed by atoms with Crippen LogP contribution < -0.4 is 14.7 Å². The van der Waals surface area contributed by atoms with Crippen LogP contribution in [0.15, 0.2) is 544 Å². The van der Waals surface area contributed by atoms with Crippen LogP contribution in [0.25, 0.3) is 186 Å². The second kappa shape index (κ2) is 36.6. The molecule has 146 heavy (non-hydrogen) atoms. The predicted molar refractivity (Wildman–Crippen MR) is 621 cm³/mol. The molecule has 690 valence electrons. The van der Waals surface area contributed by atoms with E-state index in [1.54, 1.807) is 0 Å². The molecule has 1 heterocycles. The van der Waals surface area contributed by atoms with Gasteiger partial charge in [-0.05, 0) is 315 Å². The summed E-state index contributed by atoms with van der Waals surface area (Å²) in [5.74, 6) is 0. The van der Waals surface area contributed by atoms with E-state index in [2.05, 4.69) is 570 Å². The molecule has 0 radical (unpaired) electrons. The summed E-state index contributed by atoms with van der Waals surface area (Å²) in [5.41, 5.74) is 37.2.